The highest BCUT2D eigenvalue weighted by atomic mass is 32.1. The molecule has 0 unspecified atom stereocenters. The summed E-state index contributed by atoms with van der Waals surface area (Å²) in [5, 5.41) is 1.93. The van der Waals surface area contributed by atoms with Crippen molar-refractivity contribution < 1.29 is 13.6 Å². The van der Waals surface area contributed by atoms with Crippen LogP contribution in [0.5, 0.6) is 0 Å². The van der Waals surface area contributed by atoms with E-state index in [1.54, 1.807) is 6.08 Å². The van der Waals surface area contributed by atoms with Crippen LogP contribution in [0.15, 0.2) is 35.7 Å². The number of hydrogen-bond acceptors (Lipinski definition) is 2. The zero-order valence-electron chi connectivity index (χ0n) is 9.61. The molecule has 0 aliphatic rings. The predicted molar refractivity (Wildman–Crippen MR) is 68.8 cm³/mol. The van der Waals surface area contributed by atoms with E-state index in [4.69, 9.17) is 0 Å². The Bertz CT molecular complexity index is 614. The molecule has 0 fully saturated rings. The molecule has 0 saturated heterocycles. The number of aryl methyl sites for hydroxylation is 1. The molecule has 0 radical (unpaired) electrons. The van der Waals surface area contributed by atoms with Crippen LogP contribution in [0.3, 0.4) is 0 Å². The molecular weight excluding hydrogens is 254 g/mol. The summed E-state index contributed by atoms with van der Waals surface area (Å²) in [5.74, 6) is -2.31. The monoisotopic (exact) mass is 264 g/mol. The number of benzene rings is 1. The number of carbonyl (C=O) groups excluding carboxylic acids is 1. The zero-order chi connectivity index (χ0) is 13.1. The Kier molecular flexibility index (Phi) is 3.67. The zero-order valence-corrected chi connectivity index (χ0v) is 10.4. The number of thiophene rings is 1. The highest BCUT2D eigenvalue weighted by molar-refractivity contribution is 7.11. The van der Waals surface area contributed by atoms with E-state index in [2.05, 4.69) is 0 Å². The normalized spacial score (nSPS) is 11.1. The van der Waals surface area contributed by atoms with Gasteiger partial charge in [0.2, 0.25) is 0 Å². The van der Waals surface area contributed by atoms with Crippen LogP contribution >= 0.6 is 11.3 Å². The molecule has 1 heterocycles. The van der Waals surface area contributed by atoms with E-state index in [9.17, 15) is 13.6 Å². The highest BCUT2D eigenvalue weighted by Gasteiger charge is 2.07. The fourth-order valence-corrected chi connectivity index (χ4v) is 2.27. The average molecular weight is 264 g/mol. The molecular formula is C14H10F2OS. The Morgan fingerprint density at radius 2 is 2.00 bits per heavy atom. The molecule has 18 heavy (non-hydrogen) atoms. The van der Waals surface area contributed by atoms with E-state index < -0.39 is 11.6 Å². The maximum absolute atomic E-state index is 13.0. The minimum absolute atomic E-state index is 0.138. The van der Waals surface area contributed by atoms with Crippen molar-refractivity contribution in [1.82, 2.24) is 0 Å². The van der Waals surface area contributed by atoms with Crippen LogP contribution in [0.25, 0.3) is 6.08 Å². The second-order valence-corrected chi connectivity index (χ2v) is 4.74. The summed E-state index contributed by atoms with van der Waals surface area (Å²) in [7, 11) is 0. The standard InChI is InChI=1S/C14H10F2OS/c1-9-6-7-18-14(9)5-4-13(17)10-2-3-11(15)12(16)8-10/h2-8H,1H3/b5-4+. The van der Waals surface area contributed by atoms with Crippen molar-refractivity contribution in [3.63, 3.8) is 0 Å². The van der Waals surface area contributed by atoms with Crippen LogP contribution < -0.4 is 0 Å². The molecule has 0 aliphatic heterocycles. The minimum Gasteiger partial charge on any atom is -0.289 e. The summed E-state index contributed by atoms with van der Waals surface area (Å²) in [6.45, 7) is 1.94. The molecule has 0 spiro atoms. The Morgan fingerprint density at radius 1 is 1.22 bits per heavy atom. The summed E-state index contributed by atoms with van der Waals surface area (Å²) >= 11 is 1.52. The van der Waals surface area contributed by atoms with Gasteiger partial charge in [-0.25, -0.2) is 8.78 Å². The molecule has 1 nitrogen and oxygen atoms in total. The number of carbonyl (C=O) groups is 1. The summed E-state index contributed by atoms with van der Waals surface area (Å²) in [4.78, 5) is 12.7. The molecule has 4 heteroatoms. The van der Waals surface area contributed by atoms with Gasteiger partial charge in [0.15, 0.2) is 17.4 Å². The molecule has 0 atom stereocenters. The smallest absolute Gasteiger partial charge is 0.185 e. The van der Waals surface area contributed by atoms with Gasteiger partial charge >= 0.3 is 0 Å². The van der Waals surface area contributed by atoms with Gasteiger partial charge in [-0.15, -0.1) is 11.3 Å². The van der Waals surface area contributed by atoms with Crippen LogP contribution in [-0.4, -0.2) is 5.78 Å². The number of allylic oxidation sites excluding steroid dienone is 1. The second-order valence-electron chi connectivity index (χ2n) is 3.79. The Balaban J connectivity index is 2.20. The lowest BCUT2D eigenvalue weighted by atomic mass is 10.1. The number of hydrogen-bond donors (Lipinski definition) is 0. The van der Waals surface area contributed by atoms with Gasteiger partial charge in [0.05, 0.1) is 0 Å². The minimum atomic E-state index is -1.01. The molecule has 0 N–H and O–H groups in total. The van der Waals surface area contributed by atoms with Crippen molar-refractivity contribution in [3.05, 3.63) is 63.4 Å². The van der Waals surface area contributed by atoms with Gasteiger partial charge in [-0.1, -0.05) is 0 Å². The van der Waals surface area contributed by atoms with Crippen molar-refractivity contribution in [2.24, 2.45) is 0 Å². The van der Waals surface area contributed by atoms with E-state index >= 15 is 0 Å². The lowest BCUT2D eigenvalue weighted by Crippen LogP contribution is -1.96. The number of rotatable bonds is 3. The van der Waals surface area contributed by atoms with Gasteiger partial charge in [-0.05, 0) is 54.3 Å². The van der Waals surface area contributed by atoms with E-state index in [-0.39, 0.29) is 11.3 Å². The molecule has 2 aromatic rings. The SMILES string of the molecule is Cc1ccsc1/C=C/C(=O)c1ccc(F)c(F)c1. The first-order valence-electron chi connectivity index (χ1n) is 5.29. The Morgan fingerprint density at radius 3 is 2.61 bits per heavy atom. The number of halogens is 2. The van der Waals surface area contributed by atoms with Crippen molar-refractivity contribution in [3.8, 4) is 0 Å². The van der Waals surface area contributed by atoms with Gasteiger partial charge in [-0.2, -0.15) is 0 Å². The molecule has 92 valence electrons. The molecule has 0 bridgehead atoms. The van der Waals surface area contributed by atoms with Crippen LogP contribution in [0.4, 0.5) is 8.78 Å². The summed E-state index contributed by atoms with van der Waals surface area (Å²) in [5.41, 5.74) is 1.22. The first kappa shape index (κ1) is 12.6. The highest BCUT2D eigenvalue weighted by Crippen LogP contribution is 2.18. The third-order valence-electron chi connectivity index (χ3n) is 2.49. The van der Waals surface area contributed by atoms with Crippen LogP contribution in [0, 0.1) is 18.6 Å². The van der Waals surface area contributed by atoms with Crippen molar-refractivity contribution in [1.29, 1.82) is 0 Å². The maximum atomic E-state index is 13.0. The topological polar surface area (TPSA) is 17.1 Å². The quantitative estimate of drug-likeness (QED) is 0.599. The fraction of sp³-hybridized carbons (Fsp3) is 0.0714. The molecule has 2 rings (SSSR count). The van der Waals surface area contributed by atoms with E-state index in [1.807, 2.05) is 18.4 Å². The van der Waals surface area contributed by atoms with E-state index in [0.29, 0.717) is 0 Å². The van der Waals surface area contributed by atoms with Crippen LogP contribution in [-0.2, 0) is 0 Å². The molecule has 1 aromatic heterocycles. The van der Waals surface area contributed by atoms with Gasteiger partial charge < -0.3 is 0 Å². The van der Waals surface area contributed by atoms with Gasteiger partial charge in [0.25, 0.3) is 0 Å². The van der Waals surface area contributed by atoms with Gasteiger partial charge in [0, 0.05) is 10.4 Å². The van der Waals surface area contributed by atoms with Crippen LogP contribution in [0.2, 0.25) is 0 Å². The summed E-state index contributed by atoms with van der Waals surface area (Å²) < 4.78 is 25.7. The Hall–Kier alpha value is -1.81. The molecule has 1 aromatic carbocycles. The largest absolute Gasteiger partial charge is 0.289 e. The predicted octanol–water partition coefficient (Wildman–Crippen LogP) is 4.23. The Labute approximate surface area is 107 Å². The van der Waals surface area contributed by atoms with E-state index in [0.717, 1.165) is 22.6 Å². The van der Waals surface area contributed by atoms with Crippen LogP contribution in [0.1, 0.15) is 20.8 Å². The lowest BCUT2D eigenvalue weighted by Gasteiger charge is -1.97. The summed E-state index contributed by atoms with van der Waals surface area (Å²) in [6.07, 6.45) is 3.05. The van der Waals surface area contributed by atoms with Gasteiger partial charge in [-0.3, -0.25) is 4.79 Å². The molecule has 0 saturated carbocycles. The molecule has 0 amide bonds. The first-order chi connectivity index (χ1) is 8.58. The van der Waals surface area contributed by atoms with Crippen molar-refractivity contribution in [2.75, 3.05) is 0 Å². The fourth-order valence-electron chi connectivity index (χ4n) is 1.45. The maximum Gasteiger partial charge on any atom is 0.185 e. The molecule has 0 aliphatic carbocycles. The first-order valence-corrected chi connectivity index (χ1v) is 6.17. The third kappa shape index (κ3) is 2.71. The van der Waals surface area contributed by atoms with Crippen molar-refractivity contribution in [2.45, 2.75) is 6.92 Å². The summed E-state index contributed by atoms with van der Waals surface area (Å²) in [6, 6.07) is 5.08. The van der Waals surface area contributed by atoms with E-state index in [1.165, 1.54) is 23.5 Å². The lowest BCUT2D eigenvalue weighted by molar-refractivity contribution is 0.104. The average Bonchev–Trinajstić information content (AvgIpc) is 2.75. The van der Waals surface area contributed by atoms with Crippen molar-refractivity contribution >= 4 is 23.2 Å². The van der Waals surface area contributed by atoms with Gasteiger partial charge in [0.1, 0.15) is 0 Å². The second kappa shape index (κ2) is 5.23. The number of ketones is 1. The third-order valence-corrected chi connectivity index (χ3v) is 3.48.